The molecule has 0 spiro atoms. The van der Waals surface area contributed by atoms with Gasteiger partial charge in [-0.3, -0.25) is 0 Å². The molecule has 2 aromatic rings. The molecule has 0 fully saturated rings. The van der Waals surface area contributed by atoms with Gasteiger partial charge in [-0.05, 0) is 28.7 Å². The highest BCUT2D eigenvalue weighted by Gasteiger charge is 2.03. The summed E-state index contributed by atoms with van der Waals surface area (Å²) < 4.78 is 5.69. The van der Waals surface area contributed by atoms with Crippen LogP contribution in [0.2, 0.25) is 0 Å². The van der Waals surface area contributed by atoms with E-state index in [0.29, 0.717) is 13.2 Å². The molecule has 2 aromatic carbocycles. The molecule has 0 heterocycles. The van der Waals surface area contributed by atoms with Gasteiger partial charge in [0.15, 0.2) is 0 Å². The van der Waals surface area contributed by atoms with Crippen LogP contribution in [-0.4, -0.2) is 6.61 Å². The molecule has 2 rings (SSSR count). The van der Waals surface area contributed by atoms with Crippen molar-refractivity contribution < 1.29 is 4.74 Å². The lowest BCUT2D eigenvalue weighted by Crippen LogP contribution is -1.99. The number of hydrogen-bond acceptors (Lipinski definition) is 2. The van der Waals surface area contributed by atoms with Crippen molar-refractivity contribution in [1.29, 1.82) is 0 Å². The van der Waals surface area contributed by atoms with Crippen LogP contribution < -0.4 is 5.73 Å². The van der Waals surface area contributed by atoms with Crippen LogP contribution in [0.4, 0.5) is 0 Å². The Hall–Kier alpha value is -1.64. The molecule has 0 aliphatic heterocycles. The molecule has 21 heavy (non-hydrogen) atoms. The average molecular weight is 283 g/mol. The number of unbranched alkanes of at least 4 members (excludes halogenated alkanes) is 2. The van der Waals surface area contributed by atoms with E-state index in [2.05, 4.69) is 49.4 Å². The van der Waals surface area contributed by atoms with E-state index < -0.39 is 0 Å². The zero-order valence-electron chi connectivity index (χ0n) is 12.8. The summed E-state index contributed by atoms with van der Waals surface area (Å²) in [5, 5.41) is 0. The van der Waals surface area contributed by atoms with E-state index in [4.69, 9.17) is 10.5 Å². The van der Waals surface area contributed by atoms with E-state index in [9.17, 15) is 0 Å². The van der Waals surface area contributed by atoms with Crippen LogP contribution in [0.15, 0.2) is 48.5 Å². The van der Waals surface area contributed by atoms with Crippen molar-refractivity contribution in [2.24, 2.45) is 5.73 Å². The van der Waals surface area contributed by atoms with E-state index in [1.54, 1.807) is 0 Å². The van der Waals surface area contributed by atoms with Crippen molar-refractivity contribution >= 4 is 0 Å². The standard InChI is InChI=1S/C19H25NO/c1-2-3-6-13-21-15-16-9-11-17(12-10-16)19-8-5-4-7-18(19)14-20/h4-5,7-12H,2-3,6,13-15,20H2,1H3. The van der Waals surface area contributed by atoms with Crippen LogP contribution in [0.5, 0.6) is 0 Å². The smallest absolute Gasteiger partial charge is 0.0716 e. The Morgan fingerprint density at radius 2 is 1.71 bits per heavy atom. The molecule has 0 saturated heterocycles. The molecule has 112 valence electrons. The van der Waals surface area contributed by atoms with Crippen molar-refractivity contribution in [3.8, 4) is 11.1 Å². The first-order chi connectivity index (χ1) is 10.3. The first-order valence-electron chi connectivity index (χ1n) is 7.80. The molecule has 0 radical (unpaired) electrons. The molecule has 2 nitrogen and oxygen atoms in total. The van der Waals surface area contributed by atoms with Crippen molar-refractivity contribution in [3.63, 3.8) is 0 Å². The first-order valence-corrected chi connectivity index (χ1v) is 7.80. The van der Waals surface area contributed by atoms with Gasteiger partial charge in [-0.25, -0.2) is 0 Å². The maximum atomic E-state index is 5.80. The Balaban J connectivity index is 1.95. The molecular formula is C19H25NO. The minimum atomic E-state index is 0.568. The molecule has 2 heteroatoms. The molecule has 0 aliphatic rings. The van der Waals surface area contributed by atoms with Gasteiger partial charge in [-0.15, -0.1) is 0 Å². The fourth-order valence-electron chi connectivity index (χ4n) is 2.40. The van der Waals surface area contributed by atoms with E-state index in [-0.39, 0.29) is 0 Å². The summed E-state index contributed by atoms with van der Waals surface area (Å²) in [5.41, 5.74) is 10.6. The lowest BCUT2D eigenvalue weighted by atomic mass is 9.99. The summed E-state index contributed by atoms with van der Waals surface area (Å²) in [6.45, 7) is 4.32. The van der Waals surface area contributed by atoms with E-state index in [1.165, 1.54) is 35.1 Å². The Bertz CT molecular complexity index is 534. The largest absolute Gasteiger partial charge is 0.377 e. The second kappa shape index (κ2) is 8.60. The minimum Gasteiger partial charge on any atom is -0.377 e. The fraction of sp³-hybridized carbons (Fsp3) is 0.368. The third-order valence-electron chi connectivity index (χ3n) is 3.66. The second-order valence-corrected chi connectivity index (χ2v) is 5.32. The topological polar surface area (TPSA) is 35.2 Å². The third kappa shape index (κ3) is 4.69. The normalized spacial score (nSPS) is 10.8. The van der Waals surface area contributed by atoms with Crippen LogP contribution in [0, 0.1) is 0 Å². The molecule has 0 atom stereocenters. The Kier molecular flexibility index (Phi) is 6.45. The molecule has 0 unspecified atom stereocenters. The Morgan fingerprint density at radius 1 is 0.952 bits per heavy atom. The van der Waals surface area contributed by atoms with Crippen molar-refractivity contribution in [2.75, 3.05) is 6.61 Å². The summed E-state index contributed by atoms with van der Waals surface area (Å²) in [6.07, 6.45) is 3.63. The SMILES string of the molecule is CCCCCOCc1ccc(-c2ccccc2CN)cc1. The number of ether oxygens (including phenoxy) is 1. The molecule has 0 aliphatic carbocycles. The second-order valence-electron chi connectivity index (χ2n) is 5.32. The summed E-state index contributed by atoms with van der Waals surface area (Å²) in [7, 11) is 0. The van der Waals surface area contributed by atoms with Gasteiger partial charge in [0, 0.05) is 13.2 Å². The van der Waals surface area contributed by atoms with Crippen LogP contribution in [0.25, 0.3) is 11.1 Å². The average Bonchev–Trinajstić information content (AvgIpc) is 2.55. The summed E-state index contributed by atoms with van der Waals surface area (Å²) in [5.74, 6) is 0. The quantitative estimate of drug-likeness (QED) is 0.723. The number of benzene rings is 2. The monoisotopic (exact) mass is 283 g/mol. The highest BCUT2D eigenvalue weighted by atomic mass is 16.5. The van der Waals surface area contributed by atoms with Crippen LogP contribution in [0.1, 0.15) is 37.3 Å². The van der Waals surface area contributed by atoms with Crippen LogP contribution in [0.3, 0.4) is 0 Å². The first kappa shape index (κ1) is 15.7. The molecular weight excluding hydrogens is 258 g/mol. The molecule has 0 amide bonds. The van der Waals surface area contributed by atoms with Gasteiger partial charge in [0.05, 0.1) is 6.61 Å². The fourth-order valence-corrected chi connectivity index (χ4v) is 2.40. The van der Waals surface area contributed by atoms with E-state index >= 15 is 0 Å². The molecule has 0 bridgehead atoms. The number of nitrogens with two attached hydrogens (primary N) is 1. The molecule has 0 saturated carbocycles. The highest BCUT2D eigenvalue weighted by Crippen LogP contribution is 2.23. The number of hydrogen-bond donors (Lipinski definition) is 1. The van der Waals surface area contributed by atoms with E-state index in [1.807, 2.05) is 6.07 Å². The summed E-state index contributed by atoms with van der Waals surface area (Å²) >= 11 is 0. The van der Waals surface area contributed by atoms with Crippen LogP contribution in [-0.2, 0) is 17.9 Å². The van der Waals surface area contributed by atoms with Gasteiger partial charge < -0.3 is 10.5 Å². The van der Waals surface area contributed by atoms with Gasteiger partial charge in [0.2, 0.25) is 0 Å². The molecule has 2 N–H and O–H groups in total. The predicted molar refractivity (Wildman–Crippen MR) is 89.0 cm³/mol. The summed E-state index contributed by atoms with van der Waals surface area (Å²) in [6, 6.07) is 16.9. The van der Waals surface area contributed by atoms with Crippen molar-refractivity contribution in [3.05, 3.63) is 59.7 Å². The zero-order chi connectivity index (χ0) is 14.9. The van der Waals surface area contributed by atoms with Gasteiger partial charge in [0.1, 0.15) is 0 Å². The predicted octanol–water partition coefficient (Wildman–Crippen LogP) is 4.52. The van der Waals surface area contributed by atoms with Gasteiger partial charge in [0.25, 0.3) is 0 Å². The Labute approximate surface area is 127 Å². The summed E-state index contributed by atoms with van der Waals surface area (Å²) in [4.78, 5) is 0. The lowest BCUT2D eigenvalue weighted by Gasteiger charge is -2.09. The maximum Gasteiger partial charge on any atom is 0.0716 e. The van der Waals surface area contributed by atoms with E-state index in [0.717, 1.165) is 13.0 Å². The van der Waals surface area contributed by atoms with Gasteiger partial charge in [-0.2, -0.15) is 0 Å². The van der Waals surface area contributed by atoms with Crippen molar-refractivity contribution in [1.82, 2.24) is 0 Å². The van der Waals surface area contributed by atoms with Crippen LogP contribution >= 0.6 is 0 Å². The van der Waals surface area contributed by atoms with Gasteiger partial charge >= 0.3 is 0 Å². The molecule has 0 aromatic heterocycles. The maximum absolute atomic E-state index is 5.80. The number of rotatable bonds is 8. The van der Waals surface area contributed by atoms with Crippen molar-refractivity contribution in [2.45, 2.75) is 39.3 Å². The minimum absolute atomic E-state index is 0.568. The highest BCUT2D eigenvalue weighted by molar-refractivity contribution is 5.67. The lowest BCUT2D eigenvalue weighted by molar-refractivity contribution is 0.117. The Morgan fingerprint density at radius 3 is 2.43 bits per heavy atom. The zero-order valence-corrected chi connectivity index (χ0v) is 12.8. The van der Waals surface area contributed by atoms with Gasteiger partial charge in [-0.1, -0.05) is 68.3 Å². The third-order valence-corrected chi connectivity index (χ3v) is 3.66.